The van der Waals surface area contributed by atoms with E-state index in [1.54, 1.807) is 43.3 Å². The number of ketones is 1. The van der Waals surface area contributed by atoms with E-state index in [0.717, 1.165) is 6.08 Å². The lowest BCUT2D eigenvalue weighted by Gasteiger charge is -2.45. The fourth-order valence-corrected chi connectivity index (χ4v) is 2.86. The molecule has 0 aromatic heterocycles. The van der Waals surface area contributed by atoms with Crippen molar-refractivity contribution in [3.05, 3.63) is 59.2 Å². The van der Waals surface area contributed by atoms with Gasteiger partial charge in [0.15, 0.2) is 5.78 Å². The minimum Gasteiger partial charge on any atom is -0.478 e. The van der Waals surface area contributed by atoms with Crippen LogP contribution < -0.4 is 0 Å². The highest BCUT2D eigenvalue weighted by Crippen LogP contribution is 2.49. The van der Waals surface area contributed by atoms with Gasteiger partial charge in [0.2, 0.25) is 0 Å². The number of carbonyl (C=O) groups excluding carboxylic acids is 1. The zero-order chi connectivity index (χ0) is 16.5. The minimum absolute atomic E-state index is 0.0106. The molecule has 0 fully saturated rings. The number of carbonyl (C=O) groups is 2. The van der Waals surface area contributed by atoms with Crippen LogP contribution in [0, 0.1) is 5.41 Å². The molecule has 2 rings (SSSR count). The Kier molecular flexibility index (Phi) is 4.07. The minimum atomic E-state index is -1.33. The molecular weight excluding hydrogens is 280 g/mol. The van der Waals surface area contributed by atoms with Crippen molar-refractivity contribution in [3.8, 4) is 0 Å². The van der Waals surface area contributed by atoms with Crippen LogP contribution in [0.5, 0.6) is 0 Å². The number of carboxylic acids is 1. The molecule has 0 aliphatic heterocycles. The van der Waals surface area contributed by atoms with E-state index in [4.69, 9.17) is 5.11 Å². The molecule has 1 aromatic rings. The van der Waals surface area contributed by atoms with Gasteiger partial charge in [-0.05, 0) is 24.1 Å². The van der Waals surface area contributed by atoms with Crippen molar-refractivity contribution in [2.75, 3.05) is 0 Å². The summed E-state index contributed by atoms with van der Waals surface area (Å²) in [6, 6.07) is 7.02. The van der Waals surface area contributed by atoms with Crippen LogP contribution in [0.1, 0.15) is 43.1 Å². The molecule has 0 radical (unpaired) electrons. The molecule has 0 heterocycles. The van der Waals surface area contributed by atoms with Crippen LogP contribution in [0.3, 0.4) is 0 Å². The first-order chi connectivity index (χ1) is 10.2. The average molecular weight is 300 g/mol. The van der Waals surface area contributed by atoms with Gasteiger partial charge >= 0.3 is 5.97 Å². The second-order valence-corrected chi connectivity index (χ2v) is 6.36. The first kappa shape index (κ1) is 16.2. The second kappa shape index (κ2) is 5.54. The summed E-state index contributed by atoms with van der Waals surface area (Å²) in [5, 5.41) is 20.0. The van der Waals surface area contributed by atoms with Crippen LogP contribution >= 0.6 is 0 Å². The smallest absolute Gasteiger partial charge is 0.328 e. The standard InChI is InChI=1S/C18H20O4/c1-12(10-16(20)21)8-9-18(22)14-7-5-4-6-13(14)15(19)11-17(18,2)3/h4-10,22H,11H2,1-3H3,(H,20,21)/b9-8+,12-10?. The highest BCUT2D eigenvalue weighted by molar-refractivity contribution is 5.99. The van der Waals surface area contributed by atoms with Crippen LogP contribution in [0.2, 0.25) is 0 Å². The number of rotatable bonds is 3. The van der Waals surface area contributed by atoms with E-state index in [2.05, 4.69) is 0 Å². The number of aliphatic hydroxyl groups is 1. The van der Waals surface area contributed by atoms with Gasteiger partial charge in [-0.1, -0.05) is 44.2 Å². The maximum atomic E-state index is 12.2. The Hall–Kier alpha value is -2.20. The third-order valence-corrected chi connectivity index (χ3v) is 4.21. The van der Waals surface area contributed by atoms with Crippen molar-refractivity contribution in [2.45, 2.75) is 32.8 Å². The van der Waals surface area contributed by atoms with Crippen molar-refractivity contribution in [1.29, 1.82) is 0 Å². The topological polar surface area (TPSA) is 74.6 Å². The van der Waals surface area contributed by atoms with Crippen molar-refractivity contribution in [3.63, 3.8) is 0 Å². The average Bonchev–Trinajstić information content (AvgIpc) is 2.42. The summed E-state index contributed by atoms with van der Waals surface area (Å²) in [5.74, 6) is -1.02. The molecule has 0 amide bonds. The van der Waals surface area contributed by atoms with Crippen molar-refractivity contribution in [2.24, 2.45) is 5.41 Å². The summed E-state index contributed by atoms with van der Waals surface area (Å²) in [7, 11) is 0. The van der Waals surface area contributed by atoms with E-state index in [1.807, 2.05) is 13.8 Å². The lowest BCUT2D eigenvalue weighted by molar-refractivity contribution is -0.131. The number of allylic oxidation sites excluding steroid dienone is 2. The summed E-state index contributed by atoms with van der Waals surface area (Å²) >= 11 is 0. The summed E-state index contributed by atoms with van der Waals surface area (Å²) in [6.07, 6.45) is 4.48. The van der Waals surface area contributed by atoms with Crippen LogP contribution in [0.15, 0.2) is 48.1 Å². The Morgan fingerprint density at radius 1 is 1.27 bits per heavy atom. The normalized spacial score (nSPS) is 24.4. The van der Waals surface area contributed by atoms with E-state index in [0.29, 0.717) is 16.7 Å². The zero-order valence-corrected chi connectivity index (χ0v) is 13.0. The van der Waals surface area contributed by atoms with Crippen LogP contribution in [0.4, 0.5) is 0 Å². The van der Waals surface area contributed by atoms with E-state index < -0.39 is 17.0 Å². The van der Waals surface area contributed by atoms with Crippen molar-refractivity contribution < 1.29 is 19.8 Å². The number of carboxylic acid groups (broad SMARTS) is 1. The fourth-order valence-electron chi connectivity index (χ4n) is 2.86. The molecule has 22 heavy (non-hydrogen) atoms. The largest absolute Gasteiger partial charge is 0.478 e. The lowest BCUT2D eigenvalue weighted by atomic mass is 9.62. The molecule has 1 atom stereocenters. The SMILES string of the molecule is CC(=CC(=O)O)/C=C/C1(O)c2ccccc2C(=O)CC1(C)C. The van der Waals surface area contributed by atoms with E-state index in [-0.39, 0.29) is 12.2 Å². The third kappa shape index (κ3) is 2.74. The zero-order valence-electron chi connectivity index (χ0n) is 13.0. The van der Waals surface area contributed by atoms with E-state index >= 15 is 0 Å². The number of hydrogen-bond acceptors (Lipinski definition) is 3. The van der Waals surface area contributed by atoms with E-state index in [9.17, 15) is 14.7 Å². The molecule has 2 N–H and O–H groups in total. The molecule has 1 aliphatic rings. The van der Waals surface area contributed by atoms with Gasteiger partial charge < -0.3 is 10.2 Å². The maximum Gasteiger partial charge on any atom is 0.328 e. The maximum absolute atomic E-state index is 12.2. The van der Waals surface area contributed by atoms with Crippen LogP contribution in [-0.2, 0) is 10.4 Å². The first-order valence-electron chi connectivity index (χ1n) is 7.13. The number of Topliss-reactive ketones (excluding diaryl/α,β-unsaturated/α-hetero) is 1. The predicted octanol–water partition coefficient (Wildman–Crippen LogP) is 3.07. The highest BCUT2D eigenvalue weighted by Gasteiger charge is 2.49. The second-order valence-electron chi connectivity index (χ2n) is 6.36. The molecule has 0 bridgehead atoms. The Morgan fingerprint density at radius 2 is 1.91 bits per heavy atom. The monoisotopic (exact) mass is 300 g/mol. The molecule has 4 heteroatoms. The third-order valence-electron chi connectivity index (χ3n) is 4.21. The highest BCUT2D eigenvalue weighted by atomic mass is 16.4. The van der Waals surface area contributed by atoms with Crippen LogP contribution in [0.25, 0.3) is 0 Å². The molecule has 1 aliphatic carbocycles. The van der Waals surface area contributed by atoms with Gasteiger partial charge in [0.25, 0.3) is 0 Å². The summed E-state index contributed by atoms with van der Waals surface area (Å²) in [5.41, 5.74) is -0.403. The fraction of sp³-hybridized carbons (Fsp3) is 0.333. The molecule has 1 unspecified atom stereocenters. The van der Waals surface area contributed by atoms with Gasteiger partial charge in [-0.15, -0.1) is 0 Å². The summed E-state index contributed by atoms with van der Waals surface area (Å²) in [4.78, 5) is 22.9. The van der Waals surface area contributed by atoms with Gasteiger partial charge in [-0.2, -0.15) is 0 Å². The van der Waals surface area contributed by atoms with Gasteiger partial charge in [0.1, 0.15) is 5.60 Å². The Morgan fingerprint density at radius 3 is 2.55 bits per heavy atom. The number of hydrogen-bond donors (Lipinski definition) is 2. The molecule has 116 valence electrons. The van der Waals surface area contributed by atoms with Gasteiger partial charge in [0.05, 0.1) is 0 Å². The van der Waals surface area contributed by atoms with Crippen LogP contribution in [-0.4, -0.2) is 22.0 Å². The first-order valence-corrected chi connectivity index (χ1v) is 7.13. The Bertz CT molecular complexity index is 682. The summed E-state index contributed by atoms with van der Waals surface area (Å²) in [6.45, 7) is 5.32. The van der Waals surface area contributed by atoms with Crippen molar-refractivity contribution in [1.82, 2.24) is 0 Å². The molecule has 4 nitrogen and oxygen atoms in total. The Labute approximate surface area is 129 Å². The van der Waals surface area contributed by atoms with Gasteiger partial charge in [0, 0.05) is 23.5 Å². The number of aliphatic carboxylic acids is 1. The molecule has 1 aromatic carbocycles. The van der Waals surface area contributed by atoms with E-state index in [1.165, 1.54) is 0 Å². The molecule has 0 saturated carbocycles. The quantitative estimate of drug-likeness (QED) is 0.664. The lowest BCUT2D eigenvalue weighted by Crippen LogP contribution is -2.46. The predicted molar refractivity (Wildman–Crippen MR) is 83.6 cm³/mol. The number of benzene rings is 1. The summed E-state index contributed by atoms with van der Waals surface area (Å²) < 4.78 is 0. The number of fused-ring (bicyclic) bond motifs is 1. The van der Waals surface area contributed by atoms with Gasteiger partial charge in [-0.25, -0.2) is 4.79 Å². The molecular formula is C18H20O4. The van der Waals surface area contributed by atoms with Crippen molar-refractivity contribution >= 4 is 11.8 Å². The molecule has 0 saturated heterocycles. The molecule has 0 spiro atoms. The van der Waals surface area contributed by atoms with Gasteiger partial charge in [-0.3, -0.25) is 4.79 Å². The Balaban J connectivity index is 2.55.